The Morgan fingerprint density at radius 3 is 2.37 bits per heavy atom. The third kappa shape index (κ3) is 4.69. The number of benzene rings is 2. The molecule has 2 rings (SSSR count). The number of rotatable bonds is 6. The second-order valence-corrected chi connectivity index (χ2v) is 5.48. The van der Waals surface area contributed by atoms with Gasteiger partial charge in [0.25, 0.3) is 0 Å². The van der Waals surface area contributed by atoms with E-state index in [0.717, 1.165) is 24.1 Å². The predicted octanol–water partition coefficient (Wildman–Crippen LogP) is 3.68. The van der Waals surface area contributed by atoms with Crippen LogP contribution in [0.15, 0.2) is 59.1 Å². The molecule has 100 valence electrons. The highest BCUT2D eigenvalue weighted by Gasteiger charge is 1.99. The Labute approximate surface area is 123 Å². The number of nitrogens with zero attached hydrogens (tertiary/aromatic N) is 1. The Balaban J connectivity index is 1.71. The van der Waals surface area contributed by atoms with Crippen molar-refractivity contribution in [3.63, 3.8) is 0 Å². The van der Waals surface area contributed by atoms with E-state index in [2.05, 4.69) is 81.7 Å². The van der Waals surface area contributed by atoms with Crippen LogP contribution in [-0.2, 0) is 6.54 Å². The smallest absolute Gasteiger partial charge is 0.0364 e. The van der Waals surface area contributed by atoms with Crippen LogP contribution in [0.1, 0.15) is 5.56 Å². The zero-order valence-electron chi connectivity index (χ0n) is 11.1. The summed E-state index contributed by atoms with van der Waals surface area (Å²) in [6.45, 7) is 2.89. The fourth-order valence-corrected chi connectivity index (χ4v) is 2.16. The molecule has 2 nitrogen and oxygen atoms in total. The average Bonchev–Trinajstić information content (AvgIpc) is 2.46. The molecule has 3 heteroatoms. The van der Waals surface area contributed by atoms with Crippen molar-refractivity contribution >= 4 is 21.6 Å². The van der Waals surface area contributed by atoms with E-state index in [1.54, 1.807) is 0 Å². The van der Waals surface area contributed by atoms with Gasteiger partial charge in [-0.05, 0) is 29.8 Å². The zero-order chi connectivity index (χ0) is 13.5. The fourth-order valence-electron chi connectivity index (χ4n) is 1.89. The molecule has 1 N–H and O–H groups in total. The van der Waals surface area contributed by atoms with Gasteiger partial charge in [0.05, 0.1) is 0 Å². The van der Waals surface area contributed by atoms with Gasteiger partial charge in [-0.1, -0.05) is 46.3 Å². The molecule has 2 aromatic carbocycles. The van der Waals surface area contributed by atoms with Crippen LogP contribution in [-0.4, -0.2) is 20.1 Å². The summed E-state index contributed by atoms with van der Waals surface area (Å²) in [5, 5.41) is 3.46. The molecule has 0 bridgehead atoms. The first kappa shape index (κ1) is 14.1. The van der Waals surface area contributed by atoms with Gasteiger partial charge in [-0.15, -0.1) is 0 Å². The molecule has 0 atom stereocenters. The van der Waals surface area contributed by atoms with Gasteiger partial charge in [0.2, 0.25) is 0 Å². The number of para-hydroxylation sites is 1. The van der Waals surface area contributed by atoms with Crippen LogP contribution in [0.5, 0.6) is 0 Å². The third-order valence-electron chi connectivity index (χ3n) is 3.06. The monoisotopic (exact) mass is 318 g/mol. The molecule has 0 aliphatic heterocycles. The van der Waals surface area contributed by atoms with Crippen molar-refractivity contribution in [3.8, 4) is 0 Å². The molecule has 0 spiro atoms. The van der Waals surface area contributed by atoms with Gasteiger partial charge in [0.15, 0.2) is 0 Å². The highest BCUT2D eigenvalue weighted by Crippen LogP contribution is 2.11. The van der Waals surface area contributed by atoms with Crippen LogP contribution >= 0.6 is 15.9 Å². The van der Waals surface area contributed by atoms with Crippen LogP contribution in [0.4, 0.5) is 5.69 Å². The van der Waals surface area contributed by atoms with Gasteiger partial charge in [-0.3, -0.25) is 0 Å². The number of likely N-dealkylation sites (N-methyl/N-ethyl adjacent to an activating group) is 1. The number of hydrogen-bond acceptors (Lipinski definition) is 2. The molecule has 0 saturated carbocycles. The van der Waals surface area contributed by atoms with E-state index in [1.807, 2.05) is 6.07 Å². The van der Waals surface area contributed by atoms with Crippen molar-refractivity contribution in [3.05, 3.63) is 64.6 Å². The summed E-state index contributed by atoms with van der Waals surface area (Å²) in [6.07, 6.45) is 0. The second-order valence-electron chi connectivity index (χ2n) is 4.56. The van der Waals surface area contributed by atoms with Gasteiger partial charge in [0.1, 0.15) is 0 Å². The first-order chi connectivity index (χ1) is 9.25. The molecule has 0 unspecified atom stereocenters. The van der Waals surface area contributed by atoms with Crippen molar-refractivity contribution in [1.29, 1.82) is 0 Å². The lowest BCUT2D eigenvalue weighted by Gasteiger charge is -2.19. The third-order valence-corrected chi connectivity index (χ3v) is 3.59. The molecule has 0 radical (unpaired) electrons. The Bertz CT molecular complexity index is 482. The molecule has 0 fully saturated rings. The molecule has 0 heterocycles. The lowest BCUT2D eigenvalue weighted by molar-refractivity contribution is 0.679. The van der Waals surface area contributed by atoms with Crippen LogP contribution in [0.2, 0.25) is 0 Å². The zero-order valence-corrected chi connectivity index (χ0v) is 12.7. The molecule has 19 heavy (non-hydrogen) atoms. The minimum atomic E-state index is 0.913. The average molecular weight is 319 g/mol. The van der Waals surface area contributed by atoms with Gasteiger partial charge in [-0.25, -0.2) is 0 Å². The maximum absolute atomic E-state index is 3.46. The summed E-state index contributed by atoms with van der Waals surface area (Å²) >= 11 is 3.45. The largest absolute Gasteiger partial charge is 0.373 e. The second kappa shape index (κ2) is 7.31. The van der Waals surface area contributed by atoms with Crippen molar-refractivity contribution in [2.45, 2.75) is 6.54 Å². The maximum Gasteiger partial charge on any atom is 0.0364 e. The lowest BCUT2D eigenvalue weighted by atomic mass is 10.2. The Hall–Kier alpha value is -1.32. The summed E-state index contributed by atoms with van der Waals surface area (Å²) in [6, 6.07) is 18.9. The van der Waals surface area contributed by atoms with Crippen molar-refractivity contribution in [2.24, 2.45) is 0 Å². The van der Waals surface area contributed by atoms with Crippen LogP contribution in [0.25, 0.3) is 0 Å². The number of nitrogens with one attached hydrogen (secondary N) is 1. The molecule has 0 amide bonds. The topological polar surface area (TPSA) is 15.3 Å². The highest BCUT2D eigenvalue weighted by atomic mass is 79.9. The van der Waals surface area contributed by atoms with E-state index in [1.165, 1.54) is 11.3 Å². The van der Waals surface area contributed by atoms with Gasteiger partial charge < -0.3 is 10.2 Å². The van der Waals surface area contributed by atoms with Crippen molar-refractivity contribution in [2.75, 3.05) is 25.0 Å². The maximum atomic E-state index is 3.46. The Morgan fingerprint density at radius 2 is 1.68 bits per heavy atom. The molecular formula is C16H19BrN2. The summed E-state index contributed by atoms with van der Waals surface area (Å²) < 4.78 is 1.13. The first-order valence-corrected chi connectivity index (χ1v) is 7.26. The summed E-state index contributed by atoms with van der Waals surface area (Å²) in [7, 11) is 2.12. The van der Waals surface area contributed by atoms with Crippen LogP contribution in [0.3, 0.4) is 0 Å². The quantitative estimate of drug-likeness (QED) is 0.817. The molecule has 0 aromatic heterocycles. The van der Waals surface area contributed by atoms with Gasteiger partial charge >= 0.3 is 0 Å². The fraction of sp³-hybridized carbons (Fsp3) is 0.250. The Kier molecular flexibility index (Phi) is 5.43. The van der Waals surface area contributed by atoms with E-state index in [0.29, 0.717) is 0 Å². The number of anilines is 1. The number of hydrogen-bond donors (Lipinski definition) is 1. The van der Waals surface area contributed by atoms with E-state index < -0.39 is 0 Å². The van der Waals surface area contributed by atoms with E-state index in [-0.39, 0.29) is 0 Å². The van der Waals surface area contributed by atoms with Crippen LogP contribution in [0, 0.1) is 0 Å². The molecular weight excluding hydrogens is 300 g/mol. The molecule has 2 aromatic rings. The highest BCUT2D eigenvalue weighted by molar-refractivity contribution is 9.10. The normalized spacial score (nSPS) is 10.4. The minimum absolute atomic E-state index is 0.913. The predicted molar refractivity (Wildman–Crippen MR) is 85.6 cm³/mol. The summed E-state index contributed by atoms with van der Waals surface area (Å²) in [4.78, 5) is 2.26. The minimum Gasteiger partial charge on any atom is -0.373 e. The molecule has 0 saturated heterocycles. The SMILES string of the molecule is CN(CCNCc1ccc(Br)cc1)c1ccccc1. The van der Waals surface area contributed by atoms with E-state index in [4.69, 9.17) is 0 Å². The van der Waals surface area contributed by atoms with Crippen LogP contribution < -0.4 is 10.2 Å². The summed E-state index contributed by atoms with van der Waals surface area (Å²) in [5.41, 5.74) is 2.57. The number of halogens is 1. The van der Waals surface area contributed by atoms with Gasteiger partial charge in [0, 0.05) is 36.8 Å². The van der Waals surface area contributed by atoms with E-state index in [9.17, 15) is 0 Å². The molecule has 0 aliphatic rings. The van der Waals surface area contributed by atoms with Crippen molar-refractivity contribution < 1.29 is 0 Å². The standard InChI is InChI=1S/C16H19BrN2/c1-19(16-5-3-2-4-6-16)12-11-18-13-14-7-9-15(17)10-8-14/h2-10,18H,11-13H2,1H3. The lowest BCUT2D eigenvalue weighted by Crippen LogP contribution is -2.28. The first-order valence-electron chi connectivity index (χ1n) is 6.47. The summed E-state index contributed by atoms with van der Waals surface area (Å²) in [5.74, 6) is 0. The van der Waals surface area contributed by atoms with Gasteiger partial charge in [-0.2, -0.15) is 0 Å². The Morgan fingerprint density at radius 1 is 1.00 bits per heavy atom. The van der Waals surface area contributed by atoms with E-state index >= 15 is 0 Å². The molecule has 0 aliphatic carbocycles. The van der Waals surface area contributed by atoms with Crippen molar-refractivity contribution in [1.82, 2.24) is 5.32 Å².